The van der Waals surface area contributed by atoms with Gasteiger partial charge in [0.15, 0.2) is 5.82 Å². The van der Waals surface area contributed by atoms with E-state index in [0.29, 0.717) is 5.82 Å². The fraction of sp³-hybridized carbons (Fsp3) is 0.190. The molecule has 0 aliphatic rings. The predicted octanol–water partition coefficient (Wildman–Crippen LogP) is 2.30. The number of aromatic amines is 1. The van der Waals surface area contributed by atoms with Crippen LogP contribution in [0.1, 0.15) is 18.4 Å². The summed E-state index contributed by atoms with van der Waals surface area (Å²) in [6.45, 7) is 1.23. The van der Waals surface area contributed by atoms with Gasteiger partial charge in [-0.25, -0.2) is 0 Å². The van der Waals surface area contributed by atoms with E-state index in [-0.39, 0.29) is 5.91 Å². The van der Waals surface area contributed by atoms with Crippen LogP contribution >= 0.6 is 0 Å². The smallest absolute Gasteiger partial charge is 0.250 e. The molecule has 2 amide bonds. The van der Waals surface area contributed by atoms with E-state index in [2.05, 4.69) is 20.8 Å². The summed E-state index contributed by atoms with van der Waals surface area (Å²) < 4.78 is 0. The van der Waals surface area contributed by atoms with Crippen molar-refractivity contribution in [3.05, 3.63) is 72.3 Å². The van der Waals surface area contributed by atoms with E-state index in [4.69, 9.17) is 0 Å². The van der Waals surface area contributed by atoms with Crippen LogP contribution in [0.4, 0.5) is 5.82 Å². The summed E-state index contributed by atoms with van der Waals surface area (Å²) in [7, 11) is 0. The first-order valence-electron chi connectivity index (χ1n) is 8.96. The third-order valence-electron chi connectivity index (χ3n) is 4.42. The van der Waals surface area contributed by atoms with Crippen molar-refractivity contribution in [1.29, 1.82) is 0 Å². The maximum absolute atomic E-state index is 12.4. The van der Waals surface area contributed by atoms with Crippen molar-refractivity contribution in [2.24, 2.45) is 0 Å². The van der Waals surface area contributed by atoms with Crippen LogP contribution in [0.15, 0.2) is 66.7 Å². The summed E-state index contributed by atoms with van der Waals surface area (Å²) in [5, 5.41) is 21.7. The number of aliphatic hydroxyl groups is 1. The van der Waals surface area contributed by atoms with Gasteiger partial charge >= 0.3 is 0 Å². The Hall–Kier alpha value is -3.45. The molecular formula is C21H22N4O3. The number of benzene rings is 2. The third kappa shape index (κ3) is 4.63. The van der Waals surface area contributed by atoms with Crippen LogP contribution in [0.2, 0.25) is 0 Å². The van der Waals surface area contributed by atoms with E-state index >= 15 is 0 Å². The van der Waals surface area contributed by atoms with Crippen LogP contribution in [0.25, 0.3) is 11.3 Å². The van der Waals surface area contributed by atoms with Gasteiger partial charge < -0.3 is 15.7 Å². The minimum Gasteiger partial charge on any atom is -0.394 e. The summed E-state index contributed by atoms with van der Waals surface area (Å²) in [5.41, 5.74) is 2.51. The molecule has 3 rings (SSSR count). The van der Waals surface area contributed by atoms with E-state index in [9.17, 15) is 14.7 Å². The van der Waals surface area contributed by atoms with E-state index in [0.717, 1.165) is 16.8 Å². The second-order valence-corrected chi connectivity index (χ2v) is 6.40. The second kappa shape index (κ2) is 8.96. The lowest BCUT2D eigenvalue weighted by Crippen LogP contribution is -2.47. The molecule has 1 aromatic heterocycles. The predicted molar refractivity (Wildman–Crippen MR) is 107 cm³/mol. The van der Waals surface area contributed by atoms with Gasteiger partial charge in [-0.2, -0.15) is 5.10 Å². The molecule has 1 heterocycles. The zero-order valence-corrected chi connectivity index (χ0v) is 15.4. The highest BCUT2D eigenvalue weighted by Crippen LogP contribution is 2.19. The Kier molecular flexibility index (Phi) is 6.18. The lowest BCUT2D eigenvalue weighted by atomic mass is 10.00. The monoisotopic (exact) mass is 378 g/mol. The topological polar surface area (TPSA) is 107 Å². The van der Waals surface area contributed by atoms with E-state index in [1.807, 2.05) is 60.7 Å². The highest BCUT2D eigenvalue weighted by Gasteiger charge is 2.24. The van der Waals surface area contributed by atoms with Gasteiger partial charge in [-0.05, 0) is 18.1 Å². The van der Waals surface area contributed by atoms with Crippen LogP contribution in [0.3, 0.4) is 0 Å². The zero-order valence-electron chi connectivity index (χ0n) is 15.4. The first-order valence-corrected chi connectivity index (χ1v) is 8.96. The molecule has 0 radical (unpaired) electrons. The Morgan fingerprint density at radius 1 is 1.04 bits per heavy atom. The Bertz CT molecular complexity index is 925. The van der Waals surface area contributed by atoms with Crippen molar-refractivity contribution in [2.45, 2.75) is 18.9 Å². The van der Waals surface area contributed by atoms with Crippen molar-refractivity contribution in [1.82, 2.24) is 15.5 Å². The number of nitrogens with one attached hydrogen (secondary N) is 3. The van der Waals surface area contributed by atoms with Crippen LogP contribution in [0, 0.1) is 0 Å². The van der Waals surface area contributed by atoms with Gasteiger partial charge in [0, 0.05) is 6.07 Å². The largest absolute Gasteiger partial charge is 0.394 e. The number of anilines is 1. The molecule has 0 fully saturated rings. The first-order chi connectivity index (χ1) is 13.6. The fourth-order valence-corrected chi connectivity index (χ4v) is 2.75. The van der Waals surface area contributed by atoms with Crippen LogP contribution in [0.5, 0.6) is 0 Å². The summed E-state index contributed by atoms with van der Waals surface area (Å²) in [4.78, 5) is 24.9. The molecule has 0 saturated heterocycles. The number of carbonyl (C=O) groups is 2. The summed E-state index contributed by atoms with van der Waals surface area (Å²) in [5.74, 6) is -1.01. The molecule has 28 heavy (non-hydrogen) atoms. The third-order valence-corrected chi connectivity index (χ3v) is 4.42. The highest BCUT2D eigenvalue weighted by molar-refractivity contribution is 5.97. The Morgan fingerprint density at radius 2 is 1.68 bits per heavy atom. The number of H-pyrrole nitrogens is 1. The lowest BCUT2D eigenvalue weighted by Gasteiger charge is -2.18. The lowest BCUT2D eigenvalue weighted by molar-refractivity contribution is -0.128. The number of hydrogen-bond donors (Lipinski definition) is 4. The molecule has 2 atom stereocenters. The molecule has 4 N–H and O–H groups in total. The van der Waals surface area contributed by atoms with Crippen molar-refractivity contribution in [2.75, 3.05) is 11.9 Å². The number of amides is 2. The summed E-state index contributed by atoms with van der Waals surface area (Å²) in [6, 6.07) is 19.4. The van der Waals surface area contributed by atoms with Crippen LogP contribution < -0.4 is 10.6 Å². The average Bonchev–Trinajstić information content (AvgIpc) is 3.21. The van der Waals surface area contributed by atoms with Gasteiger partial charge in [0.05, 0.1) is 18.2 Å². The molecule has 0 spiro atoms. The Balaban J connectivity index is 1.62. The number of hydrogen-bond acceptors (Lipinski definition) is 4. The molecule has 144 valence electrons. The molecule has 0 saturated carbocycles. The first kappa shape index (κ1) is 19.3. The maximum atomic E-state index is 12.4. The number of nitrogens with zero attached hydrogens (tertiary/aromatic N) is 1. The quantitative estimate of drug-likeness (QED) is 0.506. The van der Waals surface area contributed by atoms with Gasteiger partial charge in [-0.15, -0.1) is 0 Å². The van der Waals surface area contributed by atoms with Crippen molar-refractivity contribution >= 4 is 17.6 Å². The van der Waals surface area contributed by atoms with Crippen molar-refractivity contribution in [3.63, 3.8) is 0 Å². The second-order valence-electron chi connectivity index (χ2n) is 6.40. The zero-order chi connectivity index (χ0) is 19.9. The number of aliphatic hydroxyl groups excluding tert-OH is 1. The molecule has 2 aromatic carbocycles. The molecule has 7 heteroatoms. The van der Waals surface area contributed by atoms with Crippen LogP contribution in [-0.2, 0) is 9.59 Å². The number of rotatable bonds is 7. The van der Waals surface area contributed by atoms with Gasteiger partial charge in [-0.1, -0.05) is 60.7 Å². The molecular weight excluding hydrogens is 356 g/mol. The van der Waals surface area contributed by atoms with E-state index < -0.39 is 24.5 Å². The van der Waals surface area contributed by atoms with Crippen LogP contribution in [-0.4, -0.2) is 39.8 Å². The fourth-order valence-electron chi connectivity index (χ4n) is 2.75. The maximum Gasteiger partial charge on any atom is 0.250 e. The van der Waals surface area contributed by atoms with Gasteiger partial charge in [0.2, 0.25) is 5.91 Å². The Labute approximate surface area is 162 Å². The molecule has 7 nitrogen and oxygen atoms in total. The molecule has 0 aliphatic carbocycles. The highest BCUT2D eigenvalue weighted by atomic mass is 16.3. The molecule has 2 unspecified atom stereocenters. The van der Waals surface area contributed by atoms with Crippen molar-refractivity contribution in [3.8, 4) is 11.3 Å². The summed E-state index contributed by atoms with van der Waals surface area (Å²) in [6.07, 6.45) is 0. The molecule has 0 bridgehead atoms. The SMILES string of the molecule is CC(C(=O)NC(CO)C(=O)Nc1cc(-c2ccccc2)[nH]n1)c1ccccc1. The minimum absolute atomic E-state index is 0.313. The van der Waals surface area contributed by atoms with E-state index in [1.165, 1.54) is 0 Å². The number of aromatic nitrogens is 2. The average molecular weight is 378 g/mol. The number of carbonyl (C=O) groups excluding carboxylic acids is 2. The normalized spacial score (nSPS) is 12.8. The minimum atomic E-state index is -1.07. The standard InChI is InChI=1S/C21H22N4O3/c1-14(15-8-4-2-5-9-15)20(27)22-18(13-26)21(28)23-19-12-17(24-25-19)16-10-6-3-7-11-16/h2-12,14,18,26H,13H2,1H3,(H,22,27)(H2,23,24,25,28). The Morgan fingerprint density at radius 3 is 2.32 bits per heavy atom. The molecule has 3 aromatic rings. The van der Waals surface area contributed by atoms with E-state index in [1.54, 1.807) is 13.0 Å². The van der Waals surface area contributed by atoms with Gasteiger partial charge in [0.25, 0.3) is 5.91 Å². The van der Waals surface area contributed by atoms with Gasteiger partial charge in [0.1, 0.15) is 6.04 Å². The molecule has 0 aliphatic heterocycles. The summed E-state index contributed by atoms with van der Waals surface area (Å²) >= 11 is 0. The van der Waals surface area contributed by atoms with Gasteiger partial charge in [-0.3, -0.25) is 14.7 Å². The van der Waals surface area contributed by atoms with Crippen molar-refractivity contribution < 1.29 is 14.7 Å².